The summed E-state index contributed by atoms with van der Waals surface area (Å²) in [6.45, 7) is 1.93. The van der Waals surface area contributed by atoms with Crippen LogP contribution in [0.15, 0.2) is 22.8 Å². The van der Waals surface area contributed by atoms with Crippen molar-refractivity contribution >= 4 is 5.97 Å². The van der Waals surface area contributed by atoms with Crippen molar-refractivity contribution in [2.24, 2.45) is 0 Å². The maximum Gasteiger partial charge on any atom is 0.319 e. The molecule has 0 bridgehead atoms. The first kappa shape index (κ1) is 12.0. The van der Waals surface area contributed by atoms with Crippen LogP contribution in [0.4, 0.5) is 0 Å². The van der Waals surface area contributed by atoms with Crippen molar-refractivity contribution in [3.8, 4) is 11.5 Å². The van der Waals surface area contributed by atoms with E-state index in [1.807, 2.05) is 19.1 Å². The molecule has 1 aliphatic rings. The largest absolute Gasteiger partial charge is 0.468 e. The number of aromatic nitrogens is 2. The molecule has 0 unspecified atom stereocenters. The summed E-state index contributed by atoms with van der Waals surface area (Å²) in [6.07, 6.45) is 4.20. The normalized spacial score (nSPS) is 16.9. The van der Waals surface area contributed by atoms with Crippen molar-refractivity contribution in [2.45, 2.75) is 31.6 Å². The van der Waals surface area contributed by atoms with E-state index in [0.717, 1.165) is 30.7 Å². The molecule has 0 saturated heterocycles. The van der Waals surface area contributed by atoms with Gasteiger partial charge in [0.25, 0.3) is 0 Å². The van der Waals surface area contributed by atoms with Gasteiger partial charge in [-0.2, -0.15) is 0 Å². The molecule has 19 heavy (non-hydrogen) atoms. The number of aromatic amines is 1. The minimum atomic E-state index is -0.593. The van der Waals surface area contributed by atoms with Gasteiger partial charge in [-0.1, -0.05) is 6.42 Å². The standard InChI is InChI=1S/C14H16N2O3/c1-9-11(10-5-3-8-19-10)16-12(15-9)14(6-4-7-14)13(17)18-2/h3,5,8H,4,6-7H2,1-2H3,(H,15,16). The Morgan fingerprint density at radius 2 is 2.32 bits per heavy atom. The van der Waals surface area contributed by atoms with E-state index in [1.54, 1.807) is 6.26 Å². The maximum absolute atomic E-state index is 12.0. The SMILES string of the molecule is COC(=O)C1(c2nc(-c3ccco3)c(C)[nH]2)CCC1. The number of nitrogens with one attached hydrogen (secondary N) is 1. The Bertz CT molecular complexity index is 594. The van der Waals surface area contributed by atoms with Crippen LogP contribution >= 0.6 is 0 Å². The number of aryl methyl sites for hydroxylation is 1. The summed E-state index contributed by atoms with van der Waals surface area (Å²) in [5, 5.41) is 0. The number of H-pyrrole nitrogens is 1. The van der Waals surface area contributed by atoms with Crippen LogP contribution in [0.1, 0.15) is 30.8 Å². The van der Waals surface area contributed by atoms with Gasteiger partial charge in [0.15, 0.2) is 5.76 Å². The number of methoxy groups -OCH3 is 1. The molecule has 1 aliphatic carbocycles. The van der Waals surface area contributed by atoms with Crippen LogP contribution in [0.2, 0.25) is 0 Å². The number of imidazole rings is 1. The van der Waals surface area contributed by atoms with E-state index in [4.69, 9.17) is 9.15 Å². The third-order valence-corrected chi connectivity index (χ3v) is 3.88. The predicted molar refractivity (Wildman–Crippen MR) is 68.6 cm³/mol. The fourth-order valence-corrected chi connectivity index (χ4v) is 2.60. The zero-order valence-electron chi connectivity index (χ0n) is 11.0. The van der Waals surface area contributed by atoms with Crippen LogP contribution in [0.5, 0.6) is 0 Å². The van der Waals surface area contributed by atoms with Gasteiger partial charge in [0.1, 0.15) is 16.9 Å². The van der Waals surface area contributed by atoms with Crippen molar-refractivity contribution in [3.63, 3.8) is 0 Å². The fraction of sp³-hybridized carbons (Fsp3) is 0.429. The highest BCUT2D eigenvalue weighted by atomic mass is 16.5. The smallest absolute Gasteiger partial charge is 0.319 e. The van der Waals surface area contributed by atoms with Crippen molar-refractivity contribution < 1.29 is 13.9 Å². The number of carbonyl (C=O) groups excluding carboxylic acids is 1. The molecular formula is C14H16N2O3. The summed E-state index contributed by atoms with van der Waals surface area (Å²) in [5.41, 5.74) is 1.07. The minimum absolute atomic E-state index is 0.210. The molecule has 1 fully saturated rings. The second kappa shape index (κ2) is 4.26. The van der Waals surface area contributed by atoms with Crippen molar-refractivity contribution in [1.29, 1.82) is 0 Å². The average molecular weight is 260 g/mol. The Kier molecular flexibility index (Phi) is 2.69. The molecule has 2 aromatic rings. The van der Waals surface area contributed by atoms with Gasteiger partial charge in [-0.3, -0.25) is 4.79 Å². The lowest BCUT2D eigenvalue weighted by atomic mass is 9.68. The molecule has 100 valence electrons. The number of esters is 1. The first-order valence-corrected chi connectivity index (χ1v) is 6.37. The Morgan fingerprint density at radius 3 is 2.84 bits per heavy atom. The Labute approximate surface area is 111 Å². The van der Waals surface area contributed by atoms with Crippen LogP contribution in [0.3, 0.4) is 0 Å². The number of ether oxygens (including phenoxy) is 1. The molecule has 0 radical (unpaired) electrons. The minimum Gasteiger partial charge on any atom is -0.468 e. The summed E-state index contributed by atoms with van der Waals surface area (Å²) < 4.78 is 10.3. The molecule has 5 heteroatoms. The fourth-order valence-electron chi connectivity index (χ4n) is 2.60. The molecule has 0 aliphatic heterocycles. The van der Waals surface area contributed by atoms with Gasteiger partial charge in [0.05, 0.1) is 13.4 Å². The summed E-state index contributed by atoms with van der Waals surface area (Å²) in [7, 11) is 1.42. The zero-order valence-corrected chi connectivity index (χ0v) is 11.0. The zero-order chi connectivity index (χ0) is 13.5. The van der Waals surface area contributed by atoms with Gasteiger partial charge in [0.2, 0.25) is 0 Å². The highest BCUT2D eigenvalue weighted by molar-refractivity contribution is 5.83. The number of hydrogen-bond donors (Lipinski definition) is 1. The Morgan fingerprint density at radius 1 is 1.53 bits per heavy atom. The van der Waals surface area contributed by atoms with Crippen LogP contribution in [-0.4, -0.2) is 23.0 Å². The van der Waals surface area contributed by atoms with E-state index in [1.165, 1.54) is 7.11 Å². The molecule has 1 N–H and O–H groups in total. The summed E-state index contributed by atoms with van der Waals surface area (Å²) in [4.78, 5) is 19.8. The van der Waals surface area contributed by atoms with Gasteiger partial charge >= 0.3 is 5.97 Å². The number of hydrogen-bond acceptors (Lipinski definition) is 4. The van der Waals surface area contributed by atoms with Gasteiger partial charge in [-0.15, -0.1) is 0 Å². The molecule has 2 aromatic heterocycles. The van der Waals surface area contributed by atoms with Gasteiger partial charge in [-0.05, 0) is 31.9 Å². The first-order valence-electron chi connectivity index (χ1n) is 6.37. The van der Waals surface area contributed by atoms with Crippen LogP contribution in [-0.2, 0) is 14.9 Å². The number of carbonyl (C=O) groups is 1. The second-order valence-electron chi connectivity index (χ2n) is 4.96. The summed E-state index contributed by atoms with van der Waals surface area (Å²) in [6, 6.07) is 3.68. The molecule has 0 amide bonds. The van der Waals surface area contributed by atoms with Crippen LogP contribution < -0.4 is 0 Å². The van der Waals surface area contributed by atoms with Crippen LogP contribution in [0, 0.1) is 6.92 Å². The third kappa shape index (κ3) is 1.69. The van der Waals surface area contributed by atoms with Crippen molar-refractivity contribution in [1.82, 2.24) is 9.97 Å². The van der Waals surface area contributed by atoms with E-state index in [0.29, 0.717) is 11.6 Å². The number of rotatable bonds is 3. The average Bonchev–Trinajstić information content (AvgIpc) is 2.96. The molecule has 5 nitrogen and oxygen atoms in total. The van der Waals surface area contributed by atoms with Gasteiger partial charge in [0, 0.05) is 5.69 Å². The topological polar surface area (TPSA) is 68.1 Å². The van der Waals surface area contributed by atoms with Gasteiger partial charge in [-0.25, -0.2) is 4.98 Å². The quantitative estimate of drug-likeness (QED) is 0.861. The Hall–Kier alpha value is -2.04. The molecular weight excluding hydrogens is 244 g/mol. The van der Waals surface area contributed by atoms with Crippen molar-refractivity contribution in [2.75, 3.05) is 7.11 Å². The molecule has 0 spiro atoms. The van der Waals surface area contributed by atoms with Gasteiger partial charge < -0.3 is 14.1 Å². The third-order valence-electron chi connectivity index (χ3n) is 3.88. The molecule has 1 saturated carbocycles. The Balaban J connectivity index is 2.03. The maximum atomic E-state index is 12.0. The summed E-state index contributed by atoms with van der Waals surface area (Å²) >= 11 is 0. The lowest BCUT2D eigenvalue weighted by molar-refractivity contribution is -0.151. The lowest BCUT2D eigenvalue weighted by Gasteiger charge is -2.36. The molecule has 0 aromatic carbocycles. The molecule has 0 atom stereocenters. The van der Waals surface area contributed by atoms with Crippen LogP contribution in [0.25, 0.3) is 11.5 Å². The molecule has 3 rings (SSSR count). The second-order valence-corrected chi connectivity index (χ2v) is 4.96. The van der Waals surface area contributed by atoms with E-state index in [2.05, 4.69) is 9.97 Å². The van der Waals surface area contributed by atoms with Crippen molar-refractivity contribution in [3.05, 3.63) is 29.9 Å². The number of furan rings is 1. The number of nitrogens with zero attached hydrogens (tertiary/aromatic N) is 1. The lowest BCUT2D eigenvalue weighted by Crippen LogP contribution is -2.44. The molecule has 2 heterocycles. The predicted octanol–water partition coefficient (Wildman–Crippen LogP) is 2.57. The van der Waals surface area contributed by atoms with E-state index >= 15 is 0 Å². The highest BCUT2D eigenvalue weighted by Gasteiger charge is 2.49. The highest BCUT2D eigenvalue weighted by Crippen LogP contribution is 2.44. The first-order chi connectivity index (χ1) is 9.17. The summed E-state index contributed by atoms with van der Waals surface area (Å²) in [5.74, 6) is 1.19. The van der Waals surface area contributed by atoms with E-state index < -0.39 is 5.41 Å². The van der Waals surface area contributed by atoms with E-state index in [-0.39, 0.29) is 5.97 Å². The van der Waals surface area contributed by atoms with E-state index in [9.17, 15) is 4.79 Å². The monoisotopic (exact) mass is 260 g/mol.